The molecule has 0 saturated carbocycles. The first-order chi connectivity index (χ1) is 34.1. The van der Waals surface area contributed by atoms with Gasteiger partial charge in [-0.1, -0.05) is 64.5 Å². The van der Waals surface area contributed by atoms with Gasteiger partial charge in [-0.05, 0) is 123 Å². The number of esters is 6. The summed E-state index contributed by atoms with van der Waals surface area (Å²) in [6, 6.07) is 24.6. The second kappa shape index (κ2) is 30.2. The number of hydrogen-bond donors (Lipinski definition) is 0. The molecule has 16 nitrogen and oxygen atoms in total. The summed E-state index contributed by atoms with van der Waals surface area (Å²) in [6.45, 7) is 8.79. The molecule has 1 fully saturated rings. The highest BCUT2D eigenvalue weighted by atomic mass is 16.8. The topological polar surface area (TPSA) is 195 Å². The molecule has 372 valence electrons. The third-order valence-corrected chi connectivity index (χ3v) is 10.5. The Labute approximate surface area is 407 Å². The Balaban J connectivity index is 0.971. The number of unbranched alkanes of at least 4 members (excludes halogenated alkanes) is 10. The van der Waals surface area contributed by atoms with Gasteiger partial charge in [0.1, 0.15) is 23.0 Å². The minimum Gasteiger partial charge on any atom is -0.494 e. The van der Waals surface area contributed by atoms with Crippen LogP contribution in [0.25, 0.3) is 0 Å². The minimum absolute atomic E-state index is 0.0748. The summed E-state index contributed by atoms with van der Waals surface area (Å²) in [5, 5.41) is 0. The Morgan fingerprint density at radius 3 is 1.01 bits per heavy atom. The van der Waals surface area contributed by atoms with E-state index in [9.17, 15) is 28.8 Å². The fraction of sp³-hybridized carbons (Fsp3) is 0.370. The normalized spacial score (nSPS) is 14.0. The quantitative estimate of drug-likeness (QED) is 0.0157. The van der Waals surface area contributed by atoms with Crippen molar-refractivity contribution in [3.63, 3.8) is 0 Å². The van der Waals surface area contributed by atoms with Gasteiger partial charge in [0.05, 0.1) is 61.9 Å². The maximum Gasteiger partial charge on any atom is 0.343 e. The molecule has 4 aromatic rings. The van der Waals surface area contributed by atoms with E-state index in [1.54, 1.807) is 48.5 Å². The van der Waals surface area contributed by atoms with Gasteiger partial charge in [-0.2, -0.15) is 0 Å². The molecule has 70 heavy (non-hydrogen) atoms. The highest BCUT2D eigenvalue weighted by Crippen LogP contribution is 2.23. The molecule has 0 aliphatic carbocycles. The standard InChI is InChI=1S/C54H60O16/c1-3-47(55)63-35-15-11-7-5-9-13-33-61-43-25-17-39(18-26-43)49(57)67-45-29-21-41(22-30-45)51(59)69-53-54(66-38-37-65-53)70-52(60)42-23-31-46(32-24-42)68-50(58)40-19-27-44(28-20-40)62-34-14-10-6-8-12-16-36-64-48(56)4-2/h3-4,17-32,53-54H,1-2,5-16,33-38H2/t53-,54-/m1/s1. The fourth-order valence-electron chi connectivity index (χ4n) is 6.70. The highest BCUT2D eigenvalue weighted by molar-refractivity contribution is 5.93. The Morgan fingerprint density at radius 1 is 0.400 bits per heavy atom. The van der Waals surface area contributed by atoms with Crippen molar-refractivity contribution in [3.8, 4) is 23.0 Å². The second-order valence-corrected chi connectivity index (χ2v) is 15.8. The molecule has 1 aliphatic rings. The smallest absolute Gasteiger partial charge is 0.343 e. The second-order valence-electron chi connectivity index (χ2n) is 15.8. The van der Waals surface area contributed by atoms with E-state index in [1.807, 2.05) is 0 Å². The zero-order valence-corrected chi connectivity index (χ0v) is 39.2. The van der Waals surface area contributed by atoms with Gasteiger partial charge in [0.25, 0.3) is 12.6 Å². The van der Waals surface area contributed by atoms with E-state index in [-0.39, 0.29) is 35.8 Å². The number of benzene rings is 4. The number of hydrogen-bond acceptors (Lipinski definition) is 16. The lowest BCUT2D eigenvalue weighted by Gasteiger charge is -2.30. The molecule has 0 radical (unpaired) electrons. The van der Waals surface area contributed by atoms with E-state index < -0.39 is 48.4 Å². The van der Waals surface area contributed by atoms with Crippen LogP contribution in [0, 0.1) is 0 Å². The Bertz CT molecular complexity index is 2130. The van der Waals surface area contributed by atoms with Gasteiger partial charge in [0.15, 0.2) is 0 Å². The van der Waals surface area contributed by atoms with Crippen molar-refractivity contribution >= 4 is 35.8 Å². The number of carbonyl (C=O) groups is 6. The Kier molecular flexibility index (Phi) is 23.2. The summed E-state index contributed by atoms with van der Waals surface area (Å²) >= 11 is 0. The van der Waals surface area contributed by atoms with Crippen molar-refractivity contribution in [2.45, 2.75) is 89.6 Å². The van der Waals surface area contributed by atoms with Crippen LogP contribution < -0.4 is 18.9 Å². The van der Waals surface area contributed by atoms with E-state index in [2.05, 4.69) is 13.2 Å². The first kappa shape index (κ1) is 53.7. The molecule has 0 unspecified atom stereocenters. The summed E-state index contributed by atoms with van der Waals surface area (Å²) in [6.07, 6.45) is 11.2. The van der Waals surface area contributed by atoms with Crippen LogP contribution in [0.2, 0.25) is 0 Å². The lowest BCUT2D eigenvalue weighted by Crippen LogP contribution is -2.44. The van der Waals surface area contributed by atoms with Crippen molar-refractivity contribution in [3.05, 3.63) is 145 Å². The molecule has 0 amide bonds. The molecule has 0 aromatic heterocycles. The van der Waals surface area contributed by atoms with Gasteiger partial charge in [-0.15, -0.1) is 0 Å². The third-order valence-electron chi connectivity index (χ3n) is 10.5. The molecule has 2 atom stereocenters. The highest BCUT2D eigenvalue weighted by Gasteiger charge is 2.34. The number of rotatable bonds is 30. The minimum atomic E-state index is -1.38. The molecule has 1 heterocycles. The molecule has 5 rings (SSSR count). The first-order valence-electron chi connectivity index (χ1n) is 23.5. The Morgan fingerprint density at radius 2 is 0.686 bits per heavy atom. The zero-order valence-electron chi connectivity index (χ0n) is 39.2. The third kappa shape index (κ3) is 19.4. The van der Waals surface area contributed by atoms with E-state index in [4.69, 9.17) is 47.4 Å². The maximum absolute atomic E-state index is 13.1. The van der Waals surface area contributed by atoms with Gasteiger partial charge in [0, 0.05) is 12.2 Å². The molecule has 4 aromatic carbocycles. The first-order valence-corrected chi connectivity index (χ1v) is 23.5. The SMILES string of the molecule is C=CC(=O)OCCCCCCCCOc1ccc(C(=O)Oc2ccc(C(=O)O[C@H]3OCCO[C@@H]3OC(=O)c3ccc(OC(=O)c4ccc(OCCCCCCCCOC(=O)C=C)cc4)cc3)cc2)cc1. The summed E-state index contributed by atoms with van der Waals surface area (Å²) in [5.74, 6) is -1.96. The average molecular weight is 965 g/mol. The van der Waals surface area contributed by atoms with E-state index >= 15 is 0 Å². The van der Waals surface area contributed by atoms with Gasteiger partial charge in [-0.3, -0.25) is 0 Å². The lowest BCUT2D eigenvalue weighted by molar-refractivity contribution is -0.288. The number of ether oxygens (including phenoxy) is 10. The lowest BCUT2D eigenvalue weighted by atomic mass is 10.1. The van der Waals surface area contributed by atoms with Gasteiger partial charge >= 0.3 is 35.8 Å². The largest absolute Gasteiger partial charge is 0.494 e. The predicted octanol–water partition coefficient (Wildman–Crippen LogP) is 9.73. The molecule has 0 N–H and O–H groups in total. The fourth-order valence-corrected chi connectivity index (χ4v) is 6.70. The van der Waals surface area contributed by atoms with Crippen LogP contribution in [0.4, 0.5) is 0 Å². The van der Waals surface area contributed by atoms with E-state index in [1.165, 1.54) is 48.5 Å². The molecular weight excluding hydrogens is 905 g/mol. The van der Waals surface area contributed by atoms with Crippen molar-refractivity contribution in [2.75, 3.05) is 39.6 Å². The van der Waals surface area contributed by atoms with Crippen LogP contribution in [-0.4, -0.2) is 88.0 Å². The van der Waals surface area contributed by atoms with E-state index in [0.29, 0.717) is 49.1 Å². The van der Waals surface area contributed by atoms with Crippen LogP contribution in [0.1, 0.15) is 118 Å². The van der Waals surface area contributed by atoms with E-state index in [0.717, 1.165) is 89.2 Å². The molecule has 16 heteroatoms. The van der Waals surface area contributed by atoms with Gasteiger partial charge < -0.3 is 47.4 Å². The molecule has 1 saturated heterocycles. The number of carbonyl (C=O) groups excluding carboxylic acids is 6. The maximum atomic E-state index is 13.1. The molecule has 0 spiro atoms. The van der Waals surface area contributed by atoms with Crippen molar-refractivity contribution in [2.24, 2.45) is 0 Å². The Hall–Kier alpha value is -7.30. The van der Waals surface area contributed by atoms with Crippen LogP contribution in [0.15, 0.2) is 122 Å². The monoisotopic (exact) mass is 964 g/mol. The van der Waals surface area contributed by atoms with Crippen LogP contribution in [0.3, 0.4) is 0 Å². The van der Waals surface area contributed by atoms with Crippen LogP contribution in [0.5, 0.6) is 23.0 Å². The zero-order chi connectivity index (χ0) is 49.8. The molecule has 1 aliphatic heterocycles. The summed E-state index contributed by atoms with van der Waals surface area (Å²) in [4.78, 5) is 73.9. The van der Waals surface area contributed by atoms with Crippen molar-refractivity contribution in [1.29, 1.82) is 0 Å². The average Bonchev–Trinajstić information content (AvgIpc) is 3.38. The summed E-state index contributed by atoms with van der Waals surface area (Å²) in [5.41, 5.74) is 0.838. The van der Waals surface area contributed by atoms with Crippen LogP contribution >= 0.6 is 0 Å². The van der Waals surface area contributed by atoms with Crippen molar-refractivity contribution < 1.29 is 76.1 Å². The summed E-state index contributed by atoms with van der Waals surface area (Å²) in [7, 11) is 0. The van der Waals surface area contributed by atoms with Gasteiger partial charge in [0.2, 0.25) is 0 Å². The molecular formula is C54H60O16. The van der Waals surface area contributed by atoms with Crippen LogP contribution in [-0.2, 0) is 38.0 Å². The van der Waals surface area contributed by atoms with Gasteiger partial charge in [-0.25, -0.2) is 28.8 Å². The molecule has 0 bridgehead atoms. The summed E-state index contributed by atoms with van der Waals surface area (Å²) < 4.78 is 54.6. The van der Waals surface area contributed by atoms with Crippen molar-refractivity contribution in [1.82, 2.24) is 0 Å². The predicted molar refractivity (Wildman–Crippen MR) is 255 cm³/mol.